The zero-order valence-corrected chi connectivity index (χ0v) is 14.3. The molecule has 0 spiro atoms. The van der Waals surface area contributed by atoms with Crippen molar-refractivity contribution in [2.45, 2.75) is 33.7 Å². The number of aryl methyl sites for hydroxylation is 3. The van der Waals surface area contributed by atoms with Crippen molar-refractivity contribution in [3.05, 3.63) is 55.2 Å². The summed E-state index contributed by atoms with van der Waals surface area (Å²) in [5, 5.41) is 3.61. The van der Waals surface area contributed by atoms with E-state index < -0.39 is 0 Å². The van der Waals surface area contributed by atoms with Gasteiger partial charge in [-0.25, -0.2) is 0 Å². The fraction of sp³-hybridized carbons (Fsp3) is 0.375. The van der Waals surface area contributed by atoms with Gasteiger partial charge in [-0.05, 0) is 62.2 Å². The molecule has 1 nitrogen and oxygen atoms in total. The van der Waals surface area contributed by atoms with Gasteiger partial charge >= 0.3 is 0 Å². The molecule has 0 fully saturated rings. The fourth-order valence-electron chi connectivity index (χ4n) is 2.48. The van der Waals surface area contributed by atoms with E-state index in [1.54, 1.807) is 0 Å². The molecule has 0 radical (unpaired) electrons. The number of nitrogens with one attached hydrogen (secondary N) is 1. The third-order valence-electron chi connectivity index (χ3n) is 3.20. The maximum Gasteiger partial charge on any atom is 0.0588 e. The van der Waals surface area contributed by atoms with E-state index in [2.05, 4.69) is 73.2 Å². The second kappa shape index (κ2) is 6.21. The zero-order chi connectivity index (χ0) is 14.0. The number of rotatable bonds is 4. The smallest absolute Gasteiger partial charge is 0.0588 e. The molecule has 1 aromatic carbocycles. The van der Waals surface area contributed by atoms with Crippen molar-refractivity contribution in [1.29, 1.82) is 0 Å². The van der Waals surface area contributed by atoms with E-state index in [0.29, 0.717) is 0 Å². The van der Waals surface area contributed by atoms with Crippen LogP contribution < -0.4 is 5.32 Å². The molecule has 0 saturated heterocycles. The maximum atomic E-state index is 3.61. The Labute approximate surface area is 128 Å². The molecular formula is C16H20BrNS. The average Bonchev–Trinajstić information content (AvgIpc) is 2.64. The molecule has 0 aliphatic heterocycles. The first-order valence-electron chi connectivity index (χ1n) is 6.58. The summed E-state index contributed by atoms with van der Waals surface area (Å²) >= 11 is 5.48. The molecule has 2 rings (SSSR count). The topological polar surface area (TPSA) is 12.0 Å². The number of hydrogen-bond donors (Lipinski definition) is 1. The first-order valence-corrected chi connectivity index (χ1v) is 8.19. The van der Waals surface area contributed by atoms with Crippen LogP contribution in [0.5, 0.6) is 0 Å². The van der Waals surface area contributed by atoms with Gasteiger partial charge in [-0.1, -0.05) is 28.9 Å². The molecule has 1 heterocycles. The van der Waals surface area contributed by atoms with Gasteiger partial charge in [0, 0.05) is 14.2 Å². The lowest BCUT2D eigenvalue weighted by molar-refractivity contribution is 0.629. The zero-order valence-electron chi connectivity index (χ0n) is 11.9. The SMILES string of the molecule is CCNC(c1cc(C)cc(Br)c1)c1cc(C)sc1C. The van der Waals surface area contributed by atoms with Gasteiger partial charge < -0.3 is 5.32 Å². The Morgan fingerprint density at radius 3 is 2.42 bits per heavy atom. The highest BCUT2D eigenvalue weighted by atomic mass is 79.9. The second-order valence-electron chi connectivity index (χ2n) is 4.92. The number of thiophene rings is 1. The molecule has 19 heavy (non-hydrogen) atoms. The van der Waals surface area contributed by atoms with E-state index in [-0.39, 0.29) is 6.04 Å². The Morgan fingerprint density at radius 1 is 1.16 bits per heavy atom. The van der Waals surface area contributed by atoms with Gasteiger partial charge in [0.1, 0.15) is 0 Å². The fourth-order valence-corrected chi connectivity index (χ4v) is 4.07. The molecule has 0 aliphatic rings. The van der Waals surface area contributed by atoms with E-state index in [0.717, 1.165) is 11.0 Å². The molecule has 0 saturated carbocycles. The predicted octanol–water partition coefficient (Wildman–Crippen LogP) is 5.13. The van der Waals surface area contributed by atoms with Gasteiger partial charge in [0.25, 0.3) is 0 Å². The number of halogens is 1. The van der Waals surface area contributed by atoms with Crippen LogP contribution in [0.1, 0.15) is 39.4 Å². The van der Waals surface area contributed by atoms with Gasteiger partial charge in [-0.15, -0.1) is 11.3 Å². The predicted molar refractivity (Wildman–Crippen MR) is 88.2 cm³/mol. The van der Waals surface area contributed by atoms with Gasteiger partial charge in [0.15, 0.2) is 0 Å². The van der Waals surface area contributed by atoms with Crippen LogP contribution in [-0.4, -0.2) is 6.54 Å². The van der Waals surface area contributed by atoms with Crippen molar-refractivity contribution in [2.24, 2.45) is 0 Å². The van der Waals surface area contributed by atoms with Gasteiger partial charge in [0.2, 0.25) is 0 Å². The molecule has 0 bridgehead atoms. The van der Waals surface area contributed by atoms with E-state index in [4.69, 9.17) is 0 Å². The van der Waals surface area contributed by atoms with Crippen LogP contribution in [-0.2, 0) is 0 Å². The van der Waals surface area contributed by atoms with Crippen molar-refractivity contribution in [2.75, 3.05) is 6.54 Å². The molecule has 3 heteroatoms. The average molecular weight is 338 g/mol. The summed E-state index contributed by atoms with van der Waals surface area (Å²) in [6, 6.07) is 9.23. The van der Waals surface area contributed by atoms with Crippen LogP contribution in [0, 0.1) is 20.8 Å². The highest BCUT2D eigenvalue weighted by molar-refractivity contribution is 9.10. The third kappa shape index (κ3) is 3.47. The molecule has 1 aromatic heterocycles. The van der Waals surface area contributed by atoms with Gasteiger partial charge in [0.05, 0.1) is 6.04 Å². The van der Waals surface area contributed by atoms with Gasteiger partial charge in [-0.2, -0.15) is 0 Å². The summed E-state index contributed by atoms with van der Waals surface area (Å²) in [5.41, 5.74) is 4.02. The van der Waals surface area contributed by atoms with E-state index >= 15 is 0 Å². The molecule has 1 atom stereocenters. The first-order chi connectivity index (χ1) is 9.01. The molecule has 0 amide bonds. The minimum atomic E-state index is 0.283. The van der Waals surface area contributed by atoms with Crippen molar-refractivity contribution < 1.29 is 0 Å². The highest BCUT2D eigenvalue weighted by Crippen LogP contribution is 2.32. The Kier molecular flexibility index (Phi) is 4.82. The first kappa shape index (κ1) is 14.8. The van der Waals surface area contributed by atoms with Crippen molar-refractivity contribution >= 4 is 27.3 Å². The van der Waals surface area contributed by atoms with Crippen LogP contribution in [0.25, 0.3) is 0 Å². The monoisotopic (exact) mass is 337 g/mol. The number of benzene rings is 1. The van der Waals surface area contributed by atoms with Crippen molar-refractivity contribution in [3.8, 4) is 0 Å². The normalized spacial score (nSPS) is 12.7. The molecule has 102 valence electrons. The molecule has 2 aromatic rings. The largest absolute Gasteiger partial charge is 0.306 e. The molecule has 0 aliphatic carbocycles. The van der Waals surface area contributed by atoms with Crippen molar-refractivity contribution in [3.63, 3.8) is 0 Å². The lowest BCUT2D eigenvalue weighted by Gasteiger charge is -2.19. The summed E-state index contributed by atoms with van der Waals surface area (Å²) in [6.45, 7) is 9.65. The van der Waals surface area contributed by atoms with E-state index in [9.17, 15) is 0 Å². The maximum absolute atomic E-state index is 3.61. The summed E-state index contributed by atoms with van der Waals surface area (Å²) < 4.78 is 1.15. The molecule has 1 N–H and O–H groups in total. The molecule has 1 unspecified atom stereocenters. The summed E-state index contributed by atoms with van der Waals surface area (Å²) in [6.07, 6.45) is 0. The Hall–Kier alpha value is -0.640. The molecular weight excluding hydrogens is 318 g/mol. The van der Waals surface area contributed by atoms with E-state index in [1.165, 1.54) is 26.4 Å². The quantitative estimate of drug-likeness (QED) is 0.814. The number of hydrogen-bond acceptors (Lipinski definition) is 2. The Morgan fingerprint density at radius 2 is 1.89 bits per heavy atom. The minimum absolute atomic E-state index is 0.283. The van der Waals surface area contributed by atoms with Crippen LogP contribution >= 0.6 is 27.3 Å². The van der Waals surface area contributed by atoms with Crippen LogP contribution in [0.2, 0.25) is 0 Å². The minimum Gasteiger partial charge on any atom is -0.306 e. The summed E-state index contributed by atoms with van der Waals surface area (Å²) in [4.78, 5) is 2.78. The second-order valence-corrected chi connectivity index (χ2v) is 7.30. The van der Waals surface area contributed by atoms with Crippen LogP contribution in [0.15, 0.2) is 28.7 Å². The van der Waals surface area contributed by atoms with Crippen LogP contribution in [0.3, 0.4) is 0 Å². The lowest BCUT2D eigenvalue weighted by atomic mass is 9.97. The van der Waals surface area contributed by atoms with Crippen LogP contribution in [0.4, 0.5) is 0 Å². The van der Waals surface area contributed by atoms with E-state index in [1.807, 2.05) is 11.3 Å². The standard InChI is InChI=1S/C16H20BrNS/c1-5-18-16(15-8-11(3)19-12(15)4)13-6-10(2)7-14(17)9-13/h6-9,16,18H,5H2,1-4H3. The van der Waals surface area contributed by atoms with Gasteiger partial charge in [-0.3, -0.25) is 0 Å². The highest BCUT2D eigenvalue weighted by Gasteiger charge is 2.17. The van der Waals surface area contributed by atoms with Crippen molar-refractivity contribution in [1.82, 2.24) is 5.32 Å². The lowest BCUT2D eigenvalue weighted by Crippen LogP contribution is -2.22. The third-order valence-corrected chi connectivity index (χ3v) is 4.64. The summed E-state index contributed by atoms with van der Waals surface area (Å²) in [7, 11) is 0. The Bertz CT molecular complexity index is 554. The Balaban J connectivity index is 2.47. The summed E-state index contributed by atoms with van der Waals surface area (Å²) in [5.74, 6) is 0.